The zero-order valence-corrected chi connectivity index (χ0v) is 18.1. The van der Waals surface area contributed by atoms with Gasteiger partial charge in [-0.05, 0) is 43.0 Å². The minimum atomic E-state index is 0.0196. The summed E-state index contributed by atoms with van der Waals surface area (Å²) in [4.78, 5) is 29.0. The zero-order valence-electron chi connectivity index (χ0n) is 17.4. The molecule has 1 amide bonds. The predicted molar refractivity (Wildman–Crippen MR) is 117 cm³/mol. The van der Waals surface area contributed by atoms with Gasteiger partial charge >= 0.3 is 0 Å². The lowest BCUT2D eigenvalue weighted by molar-refractivity contribution is 0.0733. The second-order valence-electron chi connectivity index (χ2n) is 8.32. The van der Waals surface area contributed by atoms with Crippen LogP contribution in [-0.2, 0) is 13.0 Å². The Morgan fingerprint density at radius 1 is 1.10 bits per heavy atom. The quantitative estimate of drug-likeness (QED) is 0.769. The lowest BCUT2D eigenvalue weighted by Gasteiger charge is -2.34. The fourth-order valence-corrected chi connectivity index (χ4v) is 4.18. The summed E-state index contributed by atoms with van der Waals surface area (Å²) < 4.78 is 0. The van der Waals surface area contributed by atoms with Gasteiger partial charge in [0.2, 0.25) is 5.95 Å². The number of anilines is 2. The first-order valence-electron chi connectivity index (χ1n) is 10.3. The number of nitrogens with zero attached hydrogens (tertiary/aromatic N) is 5. The van der Waals surface area contributed by atoms with E-state index in [1.54, 1.807) is 24.3 Å². The number of amides is 1. The Bertz CT molecular complexity index is 891. The normalized spacial score (nSPS) is 17.2. The largest absolute Gasteiger partial charge is 0.362 e. The van der Waals surface area contributed by atoms with Crippen molar-refractivity contribution in [2.75, 3.05) is 43.5 Å². The third-order valence-electron chi connectivity index (χ3n) is 5.90. The number of piperidine rings is 1. The van der Waals surface area contributed by atoms with Crippen molar-refractivity contribution < 1.29 is 4.79 Å². The number of aromatic nitrogens is 2. The molecule has 1 aromatic carbocycles. The van der Waals surface area contributed by atoms with E-state index in [9.17, 15) is 4.79 Å². The molecular weight excluding hydrogens is 386 g/mol. The maximum Gasteiger partial charge on any atom is 0.254 e. The molecule has 0 saturated carbocycles. The van der Waals surface area contributed by atoms with Crippen molar-refractivity contribution in [3.8, 4) is 0 Å². The molecule has 29 heavy (non-hydrogen) atoms. The zero-order chi connectivity index (χ0) is 20.5. The molecule has 1 aromatic heterocycles. The SMILES string of the molecule is CC1CCN(c2nc3c(c(N(C)C)n2)CN(C(=O)c2ccc(Cl)cc2)CC3)CC1. The Kier molecular flexibility index (Phi) is 5.63. The van der Waals surface area contributed by atoms with E-state index in [1.807, 2.05) is 23.9 Å². The van der Waals surface area contributed by atoms with Crippen LogP contribution in [0.1, 0.15) is 41.4 Å². The highest BCUT2D eigenvalue weighted by Crippen LogP contribution is 2.30. The lowest BCUT2D eigenvalue weighted by atomic mass is 9.99. The van der Waals surface area contributed by atoms with Crippen molar-refractivity contribution in [3.63, 3.8) is 0 Å². The van der Waals surface area contributed by atoms with Gasteiger partial charge in [0.25, 0.3) is 5.91 Å². The monoisotopic (exact) mass is 413 g/mol. The number of benzene rings is 1. The molecule has 0 atom stereocenters. The highest BCUT2D eigenvalue weighted by atomic mass is 35.5. The van der Waals surface area contributed by atoms with Crippen LogP contribution in [0.4, 0.5) is 11.8 Å². The molecule has 2 aliphatic rings. The third kappa shape index (κ3) is 4.17. The van der Waals surface area contributed by atoms with Gasteiger partial charge in [0, 0.05) is 56.3 Å². The molecule has 7 heteroatoms. The van der Waals surface area contributed by atoms with Gasteiger partial charge in [0.15, 0.2) is 0 Å². The standard InChI is InChI=1S/C22H28ClN5O/c1-15-8-11-27(12-9-15)22-24-19-10-13-28(14-18(19)20(25-22)26(2)3)21(29)16-4-6-17(23)7-5-16/h4-7,15H,8-14H2,1-3H3. The molecule has 0 N–H and O–H groups in total. The Balaban J connectivity index is 1.60. The first kappa shape index (κ1) is 20.0. The van der Waals surface area contributed by atoms with Crippen molar-refractivity contribution in [2.24, 2.45) is 5.92 Å². The summed E-state index contributed by atoms with van der Waals surface area (Å²) in [6, 6.07) is 7.08. The van der Waals surface area contributed by atoms with Crippen LogP contribution in [0.15, 0.2) is 24.3 Å². The highest BCUT2D eigenvalue weighted by molar-refractivity contribution is 6.30. The summed E-state index contributed by atoms with van der Waals surface area (Å²) in [5.74, 6) is 2.53. The summed E-state index contributed by atoms with van der Waals surface area (Å²) >= 11 is 5.96. The van der Waals surface area contributed by atoms with E-state index in [1.165, 1.54) is 12.8 Å². The smallest absolute Gasteiger partial charge is 0.254 e. The molecule has 6 nitrogen and oxygen atoms in total. The van der Waals surface area contributed by atoms with Gasteiger partial charge in [0.1, 0.15) is 5.82 Å². The van der Waals surface area contributed by atoms with Gasteiger partial charge in [-0.1, -0.05) is 18.5 Å². The van der Waals surface area contributed by atoms with E-state index in [0.717, 1.165) is 48.5 Å². The molecule has 3 heterocycles. The summed E-state index contributed by atoms with van der Waals surface area (Å²) in [5.41, 5.74) is 2.78. The summed E-state index contributed by atoms with van der Waals surface area (Å²) in [6.07, 6.45) is 3.11. The Morgan fingerprint density at radius 2 is 1.79 bits per heavy atom. The molecule has 2 aromatic rings. The summed E-state index contributed by atoms with van der Waals surface area (Å²) in [7, 11) is 4.01. The highest BCUT2D eigenvalue weighted by Gasteiger charge is 2.28. The molecule has 1 fully saturated rings. The Labute approximate surface area is 177 Å². The second kappa shape index (κ2) is 8.19. The van der Waals surface area contributed by atoms with E-state index in [-0.39, 0.29) is 5.91 Å². The number of rotatable bonds is 3. The molecule has 0 aliphatic carbocycles. The predicted octanol–water partition coefficient (Wildman–Crippen LogP) is 3.63. The van der Waals surface area contributed by atoms with Crippen molar-refractivity contribution in [2.45, 2.75) is 32.7 Å². The van der Waals surface area contributed by atoms with Crippen LogP contribution >= 0.6 is 11.6 Å². The van der Waals surface area contributed by atoms with Crippen molar-refractivity contribution >= 4 is 29.3 Å². The molecule has 0 bridgehead atoms. The summed E-state index contributed by atoms with van der Waals surface area (Å²) in [5, 5.41) is 0.633. The molecule has 0 radical (unpaired) electrons. The fraction of sp³-hybridized carbons (Fsp3) is 0.500. The van der Waals surface area contributed by atoms with Crippen molar-refractivity contribution in [3.05, 3.63) is 46.1 Å². The summed E-state index contributed by atoms with van der Waals surface area (Å²) in [6.45, 7) is 5.51. The van der Waals surface area contributed by atoms with E-state index < -0.39 is 0 Å². The maximum atomic E-state index is 13.0. The van der Waals surface area contributed by atoms with Gasteiger partial charge in [-0.3, -0.25) is 4.79 Å². The maximum absolute atomic E-state index is 13.0. The number of hydrogen-bond acceptors (Lipinski definition) is 5. The van der Waals surface area contributed by atoms with Crippen molar-refractivity contribution in [1.29, 1.82) is 0 Å². The van der Waals surface area contributed by atoms with Gasteiger partial charge in [-0.15, -0.1) is 0 Å². The van der Waals surface area contributed by atoms with E-state index in [0.29, 0.717) is 23.7 Å². The molecule has 4 rings (SSSR count). The average Bonchev–Trinajstić information content (AvgIpc) is 2.73. The van der Waals surface area contributed by atoms with Gasteiger partial charge in [-0.25, -0.2) is 4.98 Å². The number of carbonyl (C=O) groups is 1. The van der Waals surface area contributed by atoms with Crippen LogP contribution in [-0.4, -0.2) is 54.5 Å². The second-order valence-corrected chi connectivity index (χ2v) is 8.76. The molecule has 0 spiro atoms. The Morgan fingerprint density at radius 3 is 2.45 bits per heavy atom. The van der Waals surface area contributed by atoms with Crippen LogP contribution in [0.5, 0.6) is 0 Å². The molecule has 2 aliphatic heterocycles. The molecule has 1 saturated heterocycles. The van der Waals surface area contributed by atoms with Crippen LogP contribution in [0, 0.1) is 5.92 Å². The average molecular weight is 414 g/mol. The van der Waals surface area contributed by atoms with Crippen molar-refractivity contribution in [1.82, 2.24) is 14.9 Å². The molecule has 154 valence electrons. The molecule has 0 unspecified atom stereocenters. The molecular formula is C22H28ClN5O. The lowest BCUT2D eigenvalue weighted by Crippen LogP contribution is -2.39. The third-order valence-corrected chi connectivity index (χ3v) is 6.15. The van der Waals surface area contributed by atoms with Crippen LogP contribution in [0.3, 0.4) is 0 Å². The van der Waals surface area contributed by atoms with E-state index in [2.05, 4.69) is 11.8 Å². The minimum absolute atomic E-state index is 0.0196. The Hall–Kier alpha value is -2.34. The van der Waals surface area contributed by atoms with E-state index in [4.69, 9.17) is 21.6 Å². The van der Waals surface area contributed by atoms with E-state index >= 15 is 0 Å². The number of carbonyl (C=O) groups excluding carboxylic acids is 1. The first-order chi connectivity index (χ1) is 13.9. The topological polar surface area (TPSA) is 52.6 Å². The number of fused-ring (bicyclic) bond motifs is 1. The van der Waals surface area contributed by atoms with Crippen LogP contribution in [0.25, 0.3) is 0 Å². The van der Waals surface area contributed by atoms with Gasteiger partial charge in [0.05, 0.1) is 12.2 Å². The van der Waals surface area contributed by atoms with Gasteiger partial charge < -0.3 is 14.7 Å². The minimum Gasteiger partial charge on any atom is -0.362 e. The van der Waals surface area contributed by atoms with Gasteiger partial charge in [-0.2, -0.15) is 4.98 Å². The van der Waals surface area contributed by atoms with Crippen LogP contribution < -0.4 is 9.80 Å². The van der Waals surface area contributed by atoms with Crippen LogP contribution in [0.2, 0.25) is 5.02 Å². The first-order valence-corrected chi connectivity index (χ1v) is 10.7. The number of halogens is 1. The fourth-order valence-electron chi connectivity index (χ4n) is 4.05. The number of hydrogen-bond donors (Lipinski definition) is 0.